The highest BCUT2D eigenvalue weighted by Crippen LogP contribution is 2.25. The SMILES string of the molecule is CN(C(=O)[C@H](Cc1cccc2ccccc12)NC(=O)CN1CCOCC1)[C@@H](Cc1nccs1)C(=O)N[C@@H](Cc1ccccc1)[C@H](O)C(=O)N1CSC[C@H]1C(=O)NC(C)(C)C. The van der Waals surface area contributed by atoms with Gasteiger partial charge in [0.05, 0.1) is 36.7 Å². The van der Waals surface area contributed by atoms with E-state index in [-0.39, 0.29) is 43.5 Å². The summed E-state index contributed by atoms with van der Waals surface area (Å²) in [5.41, 5.74) is 1.08. The van der Waals surface area contributed by atoms with E-state index in [1.165, 1.54) is 39.9 Å². The van der Waals surface area contributed by atoms with E-state index >= 15 is 0 Å². The van der Waals surface area contributed by atoms with Gasteiger partial charge in [-0.25, -0.2) is 4.98 Å². The second-order valence-electron chi connectivity index (χ2n) is 16.3. The molecule has 0 bridgehead atoms. The summed E-state index contributed by atoms with van der Waals surface area (Å²) in [7, 11) is 1.53. The second kappa shape index (κ2) is 20.6. The molecule has 320 valence electrons. The Labute approximate surface area is 359 Å². The van der Waals surface area contributed by atoms with Gasteiger partial charge in [0.25, 0.3) is 5.91 Å². The molecule has 0 spiro atoms. The maximum absolute atomic E-state index is 14.8. The Kier molecular flexibility index (Phi) is 15.3. The molecule has 14 nitrogen and oxygen atoms in total. The van der Waals surface area contributed by atoms with Gasteiger partial charge in [0, 0.05) is 55.8 Å². The molecule has 4 aromatic rings. The van der Waals surface area contributed by atoms with E-state index in [0.29, 0.717) is 37.1 Å². The monoisotopic (exact) mass is 857 g/mol. The molecule has 3 aromatic carbocycles. The van der Waals surface area contributed by atoms with Crippen LogP contribution in [0, 0.1) is 0 Å². The van der Waals surface area contributed by atoms with Crippen LogP contribution in [0.1, 0.15) is 36.9 Å². The molecule has 4 N–H and O–H groups in total. The van der Waals surface area contributed by atoms with Crippen molar-refractivity contribution < 1.29 is 33.8 Å². The van der Waals surface area contributed by atoms with Gasteiger partial charge in [0.15, 0.2) is 6.10 Å². The number of amides is 5. The first-order valence-electron chi connectivity index (χ1n) is 20.2. The van der Waals surface area contributed by atoms with Crippen LogP contribution in [0.4, 0.5) is 0 Å². The summed E-state index contributed by atoms with van der Waals surface area (Å²) in [5, 5.41) is 25.0. The summed E-state index contributed by atoms with van der Waals surface area (Å²) >= 11 is 2.74. The Morgan fingerprint density at radius 3 is 2.37 bits per heavy atom. The quantitative estimate of drug-likeness (QED) is 0.131. The highest BCUT2D eigenvalue weighted by molar-refractivity contribution is 7.99. The number of aromatic nitrogens is 1. The molecule has 16 heteroatoms. The molecule has 0 aliphatic carbocycles. The molecule has 2 fully saturated rings. The minimum absolute atomic E-state index is 0.0361. The average molecular weight is 858 g/mol. The molecule has 5 amide bonds. The van der Waals surface area contributed by atoms with Crippen LogP contribution in [0.25, 0.3) is 10.8 Å². The van der Waals surface area contributed by atoms with Gasteiger partial charge in [0.2, 0.25) is 23.6 Å². The molecule has 2 aliphatic heterocycles. The highest BCUT2D eigenvalue weighted by Gasteiger charge is 2.42. The van der Waals surface area contributed by atoms with Gasteiger partial charge >= 0.3 is 0 Å². The molecule has 0 unspecified atom stereocenters. The van der Waals surface area contributed by atoms with E-state index in [4.69, 9.17) is 4.74 Å². The van der Waals surface area contributed by atoms with Crippen LogP contribution in [0.2, 0.25) is 0 Å². The molecule has 5 atom stereocenters. The molecular formula is C44H55N7O7S2. The standard InChI is InChI=1S/C44H55N7O7S2/c1-44(2,3)48-41(55)36-27-59-28-51(36)43(57)39(53)33(23-29-11-6-5-7-12-29)47-40(54)35(25-38-45-17-22-60-38)49(4)42(56)34(46-37(52)26-50-18-20-58-21-19-50)24-31-15-10-14-30-13-8-9-16-32(30)31/h5-17,22,33-36,39,53H,18-21,23-28H2,1-4H3,(H,46,52)(H,47,54)(H,48,55)/t33-,34-,35-,36-,39-/m0/s1. The molecule has 0 radical (unpaired) electrons. The molecule has 1 aromatic heterocycles. The number of thiazole rings is 1. The lowest BCUT2D eigenvalue weighted by atomic mass is 9.97. The smallest absolute Gasteiger partial charge is 0.254 e. The largest absolute Gasteiger partial charge is 0.381 e. The predicted molar refractivity (Wildman–Crippen MR) is 233 cm³/mol. The molecule has 0 saturated carbocycles. The number of hydrogen-bond donors (Lipinski definition) is 4. The summed E-state index contributed by atoms with van der Waals surface area (Å²) in [6, 6.07) is 18.7. The second-order valence-corrected chi connectivity index (χ2v) is 18.2. The van der Waals surface area contributed by atoms with Crippen LogP contribution in [0.15, 0.2) is 84.4 Å². The fourth-order valence-corrected chi connectivity index (χ4v) is 9.30. The Balaban J connectivity index is 1.28. The van der Waals surface area contributed by atoms with Crippen LogP contribution in [0.3, 0.4) is 0 Å². The minimum atomic E-state index is -1.72. The molecular weight excluding hydrogens is 803 g/mol. The number of rotatable bonds is 16. The van der Waals surface area contributed by atoms with Crippen molar-refractivity contribution in [1.29, 1.82) is 0 Å². The van der Waals surface area contributed by atoms with Crippen molar-refractivity contribution in [2.24, 2.45) is 0 Å². The van der Waals surface area contributed by atoms with E-state index < -0.39 is 53.5 Å². The zero-order valence-electron chi connectivity index (χ0n) is 34.5. The van der Waals surface area contributed by atoms with Gasteiger partial charge in [0.1, 0.15) is 18.1 Å². The number of benzene rings is 3. The number of morpholine rings is 1. The lowest BCUT2D eigenvalue weighted by Gasteiger charge is -2.34. The lowest BCUT2D eigenvalue weighted by Crippen LogP contribution is -2.61. The summed E-state index contributed by atoms with van der Waals surface area (Å²) < 4.78 is 5.46. The van der Waals surface area contributed by atoms with Crippen molar-refractivity contribution in [3.8, 4) is 0 Å². The number of aliphatic hydroxyl groups excluding tert-OH is 1. The molecule has 2 saturated heterocycles. The van der Waals surface area contributed by atoms with Gasteiger partial charge < -0.3 is 35.6 Å². The number of thioether (sulfide) groups is 1. The number of ether oxygens (including phenoxy) is 1. The van der Waals surface area contributed by atoms with E-state index in [0.717, 1.165) is 21.9 Å². The lowest BCUT2D eigenvalue weighted by molar-refractivity contribution is -0.148. The number of fused-ring (bicyclic) bond motifs is 1. The first-order valence-corrected chi connectivity index (χ1v) is 22.2. The molecule has 2 aliphatic rings. The third-order valence-corrected chi connectivity index (χ3v) is 12.4. The van der Waals surface area contributed by atoms with E-state index in [1.54, 1.807) is 11.6 Å². The van der Waals surface area contributed by atoms with Gasteiger partial charge in [-0.3, -0.25) is 28.9 Å². The Morgan fingerprint density at radius 1 is 0.933 bits per heavy atom. The summed E-state index contributed by atoms with van der Waals surface area (Å²) in [6.45, 7) is 7.85. The normalized spacial score (nSPS) is 17.9. The van der Waals surface area contributed by atoms with Crippen LogP contribution < -0.4 is 16.0 Å². The van der Waals surface area contributed by atoms with Gasteiger partial charge in [-0.1, -0.05) is 72.8 Å². The summed E-state index contributed by atoms with van der Waals surface area (Å²) in [4.78, 5) is 79.6. The zero-order chi connectivity index (χ0) is 42.8. The number of aliphatic hydroxyl groups is 1. The molecule has 60 heavy (non-hydrogen) atoms. The fourth-order valence-electron chi connectivity index (χ4n) is 7.48. The minimum Gasteiger partial charge on any atom is -0.381 e. The fraction of sp³-hybridized carbons (Fsp3) is 0.455. The maximum atomic E-state index is 14.8. The number of likely N-dealkylation sites (N-methyl/N-ethyl adjacent to an activating group) is 1. The van der Waals surface area contributed by atoms with Crippen molar-refractivity contribution >= 4 is 63.4 Å². The topological polar surface area (TPSA) is 174 Å². The third-order valence-electron chi connectivity index (χ3n) is 10.6. The zero-order valence-corrected chi connectivity index (χ0v) is 36.2. The van der Waals surface area contributed by atoms with Crippen molar-refractivity contribution in [3.63, 3.8) is 0 Å². The summed E-state index contributed by atoms with van der Waals surface area (Å²) in [6.07, 6.45) is 0.175. The average Bonchev–Trinajstić information content (AvgIpc) is 3.95. The Bertz CT molecular complexity index is 2090. The van der Waals surface area contributed by atoms with Crippen molar-refractivity contribution in [1.82, 2.24) is 35.6 Å². The number of hydrogen-bond acceptors (Lipinski definition) is 11. The maximum Gasteiger partial charge on any atom is 0.254 e. The van der Waals surface area contributed by atoms with Crippen LogP contribution in [-0.2, 0) is 48.0 Å². The first kappa shape index (κ1) is 44.7. The van der Waals surface area contributed by atoms with E-state index in [2.05, 4.69) is 20.9 Å². The van der Waals surface area contributed by atoms with Gasteiger partial charge in [-0.15, -0.1) is 23.1 Å². The van der Waals surface area contributed by atoms with Crippen molar-refractivity contribution in [2.75, 3.05) is 51.5 Å². The Hall–Kier alpha value is -4.87. The Morgan fingerprint density at radius 2 is 1.65 bits per heavy atom. The molecule has 3 heterocycles. The number of carbonyl (C=O) groups excluding carboxylic acids is 5. The number of nitrogens with one attached hydrogen (secondary N) is 3. The number of carbonyl (C=O) groups is 5. The van der Waals surface area contributed by atoms with Crippen LogP contribution >= 0.6 is 23.1 Å². The predicted octanol–water partition coefficient (Wildman–Crippen LogP) is 2.63. The van der Waals surface area contributed by atoms with Crippen molar-refractivity contribution in [2.45, 2.75) is 75.8 Å². The number of nitrogens with zero attached hydrogens (tertiary/aromatic N) is 4. The highest BCUT2D eigenvalue weighted by atomic mass is 32.2. The third kappa shape index (κ3) is 11.9. The summed E-state index contributed by atoms with van der Waals surface area (Å²) in [5.74, 6) is -1.89. The van der Waals surface area contributed by atoms with Crippen molar-refractivity contribution in [3.05, 3.63) is 101 Å². The van der Waals surface area contributed by atoms with Gasteiger partial charge in [-0.2, -0.15) is 0 Å². The van der Waals surface area contributed by atoms with Gasteiger partial charge in [-0.05, 0) is 49.1 Å². The van der Waals surface area contributed by atoms with E-state index in [1.807, 2.05) is 98.5 Å². The first-order chi connectivity index (χ1) is 28.8. The molecule has 6 rings (SSSR count). The van der Waals surface area contributed by atoms with Crippen LogP contribution in [-0.4, -0.2) is 142 Å². The van der Waals surface area contributed by atoms with Crippen LogP contribution in [0.5, 0.6) is 0 Å². The van der Waals surface area contributed by atoms with E-state index in [9.17, 15) is 29.1 Å².